The predicted molar refractivity (Wildman–Crippen MR) is 52.4 cm³/mol. The number of carboxylic acid groups (broad SMARTS) is 1. The van der Waals surface area contributed by atoms with Crippen molar-refractivity contribution >= 4 is 21.8 Å². The van der Waals surface area contributed by atoms with Crippen LogP contribution in [0.15, 0.2) is 17.0 Å². The van der Waals surface area contributed by atoms with Crippen LogP contribution in [0.25, 0.3) is 0 Å². The molecule has 0 bridgehead atoms. The number of benzene rings is 1. The van der Waals surface area contributed by atoms with E-state index in [2.05, 4.69) is 0 Å². The van der Waals surface area contributed by atoms with Crippen molar-refractivity contribution in [1.29, 1.82) is 0 Å². The van der Waals surface area contributed by atoms with Gasteiger partial charge < -0.3 is 10.8 Å². The number of hydrogen-bond donors (Lipinski definition) is 3. The molecule has 0 aliphatic rings. The Morgan fingerprint density at radius 3 is 2.33 bits per heavy atom. The summed E-state index contributed by atoms with van der Waals surface area (Å²) in [5.74, 6) is -1.35. The molecule has 0 aromatic heterocycles. The summed E-state index contributed by atoms with van der Waals surface area (Å²) in [7, 11) is -4.43. The zero-order chi connectivity index (χ0) is 11.8. The van der Waals surface area contributed by atoms with Crippen molar-refractivity contribution in [1.82, 2.24) is 0 Å². The maximum atomic E-state index is 10.9. The first-order valence-electron chi connectivity index (χ1n) is 3.84. The number of carboxylic acids is 1. The molecular formula is C8H9NO5S. The fourth-order valence-corrected chi connectivity index (χ4v) is 1.91. The third-order valence-electron chi connectivity index (χ3n) is 1.86. The van der Waals surface area contributed by atoms with Crippen LogP contribution >= 0.6 is 0 Å². The summed E-state index contributed by atoms with van der Waals surface area (Å²) < 4.78 is 30.5. The molecule has 82 valence electrons. The number of nitrogen functional groups attached to an aromatic ring is 1. The van der Waals surface area contributed by atoms with Gasteiger partial charge in [0.25, 0.3) is 10.1 Å². The minimum atomic E-state index is -4.43. The Hall–Kier alpha value is -1.60. The first-order chi connectivity index (χ1) is 6.73. The second-order valence-corrected chi connectivity index (χ2v) is 4.38. The van der Waals surface area contributed by atoms with Gasteiger partial charge in [0.05, 0.1) is 10.5 Å². The van der Waals surface area contributed by atoms with Gasteiger partial charge in [0, 0.05) is 5.69 Å². The second-order valence-electron chi connectivity index (χ2n) is 2.99. The molecule has 1 aromatic rings. The SMILES string of the molecule is Cc1cc(N)c(C(=O)O)cc1S(=O)(=O)O. The molecule has 0 atom stereocenters. The minimum absolute atomic E-state index is 0.0487. The van der Waals surface area contributed by atoms with E-state index < -0.39 is 21.0 Å². The highest BCUT2D eigenvalue weighted by atomic mass is 32.2. The molecule has 0 unspecified atom stereocenters. The third kappa shape index (κ3) is 2.25. The minimum Gasteiger partial charge on any atom is -0.478 e. The van der Waals surface area contributed by atoms with Crippen molar-refractivity contribution in [2.45, 2.75) is 11.8 Å². The van der Waals surface area contributed by atoms with Crippen molar-refractivity contribution in [2.24, 2.45) is 0 Å². The van der Waals surface area contributed by atoms with Crippen LogP contribution in [0.1, 0.15) is 15.9 Å². The van der Waals surface area contributed by atoms with Gasteiger partial charge in [-0.15, -0.1) is 0 Å². The molecule has 1 aromatic carbocycles. The highest BCUT2D eigenvalue weighted by Gasteiger charge is 2.18. The largest absolute Gasteiger partial charge is 0.478 e. The summed E-state index contributed by atoms with van der Waals surface area (Å²) in [4.78, 5) is 10.2. The van der Waals surface area contributed by atoms with Crippen molar-refractivity contribution in [3.05, 3.63) is 23.3 Å². The summed E-state index contributed by atoms with van der Waals surface area (Å²) in [5, 5.41) is 8.69. The molecule has 0 heterocycles. The number of hydrogen-bond acceptors (Lipinski definition) is 4. The van der Waals surface area contributed by atoms with Gasteiger partial charge in [-0.25, -0.2) is 4.79 Å². The molecule has 1 rings (SSSR count). The number of rotatable bonds is 2. The molecule has 15 heavy (non-hydrogen) atoms. The molecule has 0 amide bonds. The zero-order valence-electron chi connectivity index (χ0n) is 7.76. The van der Waals surface area contributed by atoms with Crippen molar-refractivity contribution in [3.8, 4) is 0 Å². The first kappa shape index (κ1) is 11.5. The molecule has 0 aliphatic carbocycles. The average molecular weight is 231 g/mol. The maximum absolute atomic E-state index is 10.9. The van der Waals surface area contributed by atoms with Gasteiger partial charge in [0.2, 0.25) is 0 Å². The summed E-state index contributed by atoms with van der Waals surface area (Å²) >= 11 is 0. The lowest BCUT2D eigenvalue weighted by atomic mass is 10.1. The highest BCUT2D eigenvalue weighted by Crippen LogP contribution is 2.22. The number of nitrogens with two attached hydrogens (primary N) is 1. The van der Waals surface area contributed by atoms with Gasteiger partial charge in [-0.05, 0) is 24.6 Å². The van der Waals surface area contributed by atoms with Crippen molar-refractivity contribution in [3.63, 3.8) is 0 Å². The Morgan fingerprint density at radius 1 is 1.40 bits per heavy atom. The van der Waals surface area contributed by atoms with Gasteiger partial charge in [-0.2, -0.15) is 8.42 Å². The van der Waals surface area contributed by atoms with Crippen LogP contribution in [0.5, 0.6) is 0 Å². The van der Waals surface area contributed by atoms with Gasteiger partial charge in [0.15, 0.2) is 0 Å². The van der Waals surface area contributed by atoms with E-state index in [0.29, 0.717) is 0 Å². The van der Waals surface area contributed by atoms with E-state index in [9.17, 15) is 13.2 Å². The van der Waals surface area contributed by atoms with Gasteiger partial charge >= 0.3 is 5.97 Å². The van der Waals surface area contributed by atoms with Gasteiger partial charge in [0.1, 0.15) is 0 Å². The number of carbonyl (C=O) groups is 1. The van der Waals surface area contributed by atoms with Gasteiger partial charge in [-0.1, -0.05) is 0 Å². The number of aryl methyl sites for hydroxylation is 1. The number of anilines is 1. The Morgan fingerprint density at radius 2 is 1.93 bits per heavy atom. The quantitative estimate of drug-likeness (QED) is 0.504. The van der Waals surface area contributed by atoms with Crippen LogP contribution in [0.3, 0.4) is 0 Å². The molecule has 4 N–H and O–H groups in total. The van der Waals surface area contributed by atoms with E-state index in [-0.39, 0.29) is 16.8 Å². The topological polar surface area (TPSA) is 118 Å². The molecule has 0 aliphatic heterocycles. The van der Waals surface area contributed by atoms with Crippen LogP contribution in [0.4, 0.5) is 5.69 Å². The highest BCUT2D eigenvalue weighted by molar-refractivity contribution is 7.85. The lowest BCUT2D eigenvalue weighted by molar-refractivity contribution is 0.0698. The van der Waals surface area contributed by atoms with Crippen LogP contribution < -0.4 is 5.73 Å². The number of aromatic carboxylic acids is 1. The lowest BCUT2D eigenvalue weighted by Gasteiger charge is -2.06. The second kappa shape index (κ2) is 3.52. The van der Waals surface area contributed by atoms with Crippen LogP contribution in [0.2, 0.25) is 0 Å². The Labute approximate surface area is 86.1 Å². The van der Waals surface area contributed by atoms with E-state index in [1.807, 2.05) is 0 Å². The Kier molecular flexibility index (Phi) is 2.69. The normalized spacial score (nSPS) is 11.3. The molecular weight excluding hydrogens is 222 g/mol. The fraction of sp³-hybridized carbons (Fsp3) is 0.125. The van der Waals surface area contributed by atoms with Crippen molar-refractivity contribution < 1.29 is 22.9 Å². The zero-order valence-corrected chi connectivity index (χ0v) is 8.58. The molecule has 0 fully saturated rings. The van der Waals surface area contributed by atoms with E-state index in [1.54, 1.807) is 0 Å². The van der Waals surface area contributed by atoms with Crippen molar-refractivity contribution in [2.75, 3.05) is 5.73 Å². The molecule has 6 nitrogen and oxygen atoms in total. The van der Waals surface area contributed by atoms with Crippen LogP contribution in [-0.4, -0.2) is 24.0 Å². The lowest BCUT2D eigenvalue weighted by Crippen LogP contribution is -2.08. The summed E-state index contributed by atoms with van der Waals surface area (Å²) in [6.07, 6.45) is 0. The molecule has 7 heteroatoms. The van der Waals surface area contributed by atoms with Crippen LogP contribution in [-0.2, 0) is 10.1 Å². The average Bonchev–Trinajstić information content (AvgIpc) is 2.00. The maximum Gasteiger partial charge on any atom is 0.337 e. The van der Waals surface area contributed by atoms with E-state index in [0.717, 1.165) is 6.07 Å². The fourth-order valence-electron chi connectivity index (χ4n) is 1.17. The smallest absolute Gasteiger partial charge is 0.337 e. The van der Waals surface area contributed by atoms with Crippen LogP contribution in [0, 0.1) is 6.92 Å². The van der Waals surface area contributed by atoms with E-state index >= 15 is 0 Å². The first-order valence-corrected chi connectivity index (χ1v) is 5.28. The standard InChI is InChI=1S/C8H9NO5S/c1-4-2-6(9)5(8(10)11)3-7(4)15(12,13)14/h2-3H,9H2,1H3,(H,10,11)(H,12,13,14). The molecule has 0 radical (unpaired) electrons. The Bertz CT molecular complexity index is 520. The van der Waals surface area contributed by atoms with E-state index in [1.165, 1.54) is 13.0 Å². The summed E-state index contributed by atoms with van der Waals surface area (Å²) in [6.45, 7) is 1.41. The monoisotopic (exact) mass is 231 g/mol. The van der Waals surface area contributed by atoms with E-state index in [4.69, 9.17) is 15.4 Å². The molecule has 0 saturated carbocycles. The molecule has 0 spiro atoms. The van der Waals surface area contributed by atoms with Gasteiger partial charge in [-0.3, -0.25) is 4.55 Å². The summed E-state index contributed by atoms with van der Waals surface area (Å²) in [6, 6.07) is 2.02. The third-order valence-corrected chi connectivity index (χ3v) is 2.85. The predicted octanol–water partition coefficient (Wildman–Crippen LogP) is 0.522. The Balaban J connectivity index is 3.58. The summed E-state index contributed by atoms with van der Waals surface area (Å²) in [5.41, 5.74) is 5.17. The molecule has 0 saturated heterocycles.